The zero-order chi connectivity index (χ0) is 14.0. The lowest BCUT2D eigenvalue weighted by molar-refractivity contribution is -0.137. The van der Waals surface area contributed by atoms with E-state index in [-0.39, 0.29) is 0 Å². The monoisotopic (exact) mass is 274 g/mol. The maximum Gasteiger partial charge on any atom is 0.416 e. The predicted molar refractivity (Wildman–Crippen MR) is 67.7 cm³/mol. The molecule has 1 saturated heterocycles. The molecular weight excluding hydrogens is 257 g/mol. The van der Waals surface area contributed by atoms with Crippen LogP contribution in [0.15, 0.2) is 18.2 Å². The van der Waals surface area contributed by atoms with Crippen LogP contribution in [0.1, 0.15) is 5.56 Å². The maximum atomic E-state index is 12.8. The van der Waals surface area contributed by atoms with E-state index in [1.165, 1.54) is 19.2 Å². The highest BCUT2D eigenvalue weighted by Gasteiger charge is 2.32. The molecule has 6 heteroatoms. The Morgan fingerprint density at radius 3 is 2.26 bits per heavy atom. The van der Waals surface area contributed by atoms with Gasteiger partial charge in [0.2, 0.25) is 0 Å². The minimum absolute atomic E-state index is 0.484. The molecule has 1 aromatic carbocycles. The van der Waals surface area contributed by atoms with Crippen molar-refractivity contribution in [2.24, 2.45) is 0 Å². The number of likely N-dealkylation sites (N-methyl/N-ethyl adjacent to an activating group) is 1. The maximum absolute atomic E-state index is 12.8. The number of ether oxygens (including phenoxy) is 1. The van der Waals surface area contributed by atoms with Crippen molar-refractivity contribution in [2.45, 2.75) is 6.18 Å². The van der Waals surface area contributed by atoms with Gasteiger partial charge < -0.3 is 14.5 Å². The van der Waals surface area contributed by atoms with Crippen molar-refractivity contribution in [3.63, 3.8) is 0 Å². The number of methoxy groups -OCH3 is 1. The first-order valence-corrected chi connectivity index (χ1v) is 6.10. The van der Waals surface area contributed by atoms with Gasteiger partial charge in [-0.25, -0.2) is 0 Å². The molecule has 1 fully saturated rings. The summed E-state index contributed by atoms with van der Waals surface area (Å²) in [5.41, 5.74) is -0.118. The van der Waals surface area contributed by atoms with Gasteiger partial charge in [-0.1, -0.05) is 0 Å². The summed E-state index contributed by atoms with van der Waals surface area (Å²) in [6, 6.07) is 3.61. The van der Waals surface area contributed by atoms with E-state index >= 15 is 0 Å². The molecule has 1 aromatic rings. The topological polar surface area (TPSA) is 15.7 Å². The average Bonchev–Trinajstić information content (AvgIpc) is 2.38. The second-order valence-corrected chi connectivity index (χ2v) is 4.67. The van der Waals surface area contributed by atoms with Gasteiger partial charge in [0.1, 0.15) is 5.75 Å². The molecule has 106 valence electrons. The van der Waals surface area contributed by atoms with Crippen LogP contribution in [-0.4, -0.2) is 45.2 Å². The number of benzene rings is 1. The van der Waals surface area contributed by atoms with E-state index in [1.807, 2.05) is 11.9 Å². The van der Waals surface area contributed by atoms with Gasteiger partial charge in [0.15, 0.2) is 0 Å². The number of rotatable bonds is 2. The van der Waals surface area contributed by atoms with Crippen molar-refractivity contribution in [2.75, 3.05) is 45.2 Å². The Kier molecular flexibility index (Phi) is 3.89. The average molecular weight is 274 g/mol. The van der Waals surface area contributed by atoms with Crippen molar-refractivity contribution in [1.82, 2.24) is 4.90 Å². The lowest BCUT2D eigenvalue weighted by Crippen LogP contribution is -2.44. The molecule has 0 unspecified atom stereocenters. The molecular formula is C13H17F3N2O. The quantitative estimate of drug-likeness (QED) is 0.824. The molecule has 0 aromatic heterocycles. The molecule has 0 spiro atoms. The number of hydrogen-bond donors (Lipinski definition) is 0. The Hall–Kier alpha value is -1.43. The summed E-state index contributed by atoms with van der Waals surface area (Å²) in [6.45, 7) is 3.07. The van der Waals surface area contributed by atoms with E-state index in [1.54, 1.807) is 0 Å². The number of halogens is 3. The number of nitrogens with zero attached hydrogens (tertiary/aromatic N) is 2. The minimum Gasteiger partial charge on any atom is -0.495 e. The fourth-order valence-electron chi connectivity index (χ4n) is 2.16. The molecule has 1 aliphatic rings. The van der Waals surface area contributed by atoms with Gasteiger partial charge in [0.25, 0.3) is 0 Å². The van der Waals surface area contributed by atoms with Crippen LogP contribution < -0.4 is 9.64 Å². The van der Waals surface area contributed by atoms with Crippen LogP contribution in [0.5, 0.6) is 5.75 Å². The van der Waals surface area contributed by atoms with Crippen LogP contribution in [0.3, 0.4) is 0 Å². The Balaban J connectivity index is 2.31. The molecule has 0 saturated carbocycles. The van der Waals surface area contributed by atoms with Gasteiger partial charge >= 0.3 is 6.18 Å². The third kappa shape index (κ3) is 3.12. The molecule has 0 amide bonds. The van der Waals surface area contributed by atoms with Crippen molar-refractivity contribution in [3.8, 4) is 5.75 Å². The second-order valence-electron chi connectivity index (χ2n) is 4.67. The molecule has 0 atom stereocenters. The molecule has 2 rings (SSSR count). The second kappa shape index (κ2) is 5.28. The Morgan fingerprint density at radius 2 is 1.74 bits per heavy atom. The zero-order valence-electron chi connectivity index (χ0n) is 11.0. The van der Waals surface area contributed by atoms with Gasteiger partial charge in [-0.15, -0.1) is 0 Å². The summed E-state index contributed by atoms with van der Waals surface area (Å²) in [5.74, 6) is 0.484. The largest absolute Gasteiger partial charge is 0.495 e. The van der Waals surface area contributed by atoms with Gasteiger partial charge in [0, 0.05) is 26.2 Å². The predicted octanol–water partition coefficient (Wildman–Crippen LogP) is 2.47. The highest BCUT2D eigenvalue weighted by molar-refractivity contribution is 5.60. The fraction of sp³-hybridized carbons (Fsp3) is 0.538. The first-order valence-electron chi connectivity index (χ1n) is 6.10. The smallest absolute Gasteiger partial charge is 0.416 e. The number of hydrogen-bond acceptors (Lipinski definition) is 3. The van der Waals surface area contributed by atoms with E-state index in [4.69, 9.17) is 4.74 Å². The molecule has 0 aliphatic carbocycles. The summed E-state index contributed by atoms with van der Waals surface area (Å²) in [7, 11) is 3.48. The van der Waals surface area contributed by atoms with Crippen LogP contribution in [0.2, 0.25) is 0 Å². The SMILES string of the molecule is COc1ccc(C(F)(F)F)cc1N1CCN(C)CC1. The van der Waals surface area contributed by atoms with E-state index in [9.17, 15) is 13.2 Å². The summed E-state index contributed by atoms with van der Waals surface area (Å²) in [5, 5.41) is 0. The number of alkyl halides is 3. The first-order chi connectivity index (χ1) is 8.91. The molecule has 0 radical (unpaired) electrons. The van der Waals surface area contributed by atoms with E-state index in [0.717, 1.165) is 19.2 Å². The molecule has 3 nitrogen and oxygen atoms in total. The van der Waals surface area contributed by atoms with Crippen molar-refractivity contribution in [3.05, 3.63) is 23.8 Å². The number of anilines is 1. The molecule has 1 heterocycles. The summed E-state index contributed by atoms with van der Waals surface area (Å²) >= 11 is 0. The van der Waals surface area contributed by atoms with E-state index in [0.29, 0.717) is 24.5 Å². The summed E-state index contributed by atoms with van der Waals surface area (Å²) < 4.78 is 43.5. The normalized spacial score (nSPS) is 17.6. The zero-order valence-corrected chi connectivity index (χ0v) is 11.0. The van der Waals surface area contributed by atoms with E-state index in [2.05, 4.69) is 4.90 Å². The number of piperazine rings is 1. The molecule has 0 N–H and O–H groups in total. The lowest BCUT2D eigenvalue weighted by atomic mass is 10.1. The van der Waals surface area contributed by atoms with Crippen LogP contribution in [0.25, 0.3) is 0 Å². The summed E-state index contributed by atoms with van der Waals surface area (Å²) in [6.07, 6.45) is -4.33. The first kappa shape index (κ1) is 14.0. The lowest BCUT2D eigenvalue weighted by Gasteiger charge is -2.35. The third-order valence-corrected chi connectivity index (χ3v) is 3.35. The third-order valence-electron chi connectivity index (χ3n) is 3.35. The van der Waals surface area contributed by atoms with Crippen LogP contribution in [0.4, 0.5) is 18.9 Å². The van der Waals surface area contributed by atoms with Crippen LogP contribution in [-0.2, 0) is 6.18 Å². The Labute approximate surface area is 110 Å². The highest BCUT2D eigenvalue weighted by atomic mass is 19.4. The van der Waals surface area contributed by atoms with Crippen molar-refractivity contribution >= 4 is 5.69 Å². The van der Waals surface area contributed by atoms with Gasteiger partial charge in [-0.05, 0) is 25.2 Å². The van der Waals surface area contributed by atoms with Gasteiger partial charge in [-0.3, -0.25) is 0 Å². The minimum atomic E-state index is -4.33. The van der Waals surface area contributed by atoms with Crippen LogP contribution >= 0.6 is 0 Å². The highest BCUT2D eigenvalue weighted by Crippen LogP contribution is 2.36. The van der Waals surface area contributed by atoms with Crippen LogP contribution in [0, 0.1) is 0 Å². The summed E-state index contributed by atoms with van der Waals surface area (Å²) in [4.78, 5) is 4.09. The molecule has 19 heavy (non-hydrogen) atoms. The molecule has 0 bridgehead atoms. The standard InChI is InChI=1S/C13H17F3N2O/c1-17-5-7-18(8-6-17)11-9-10(13(14,15)16)3-4-12(11)19-2/h3-4,9H,5-8H2,1-2H3. The van der Waals surface area contributed by atoms with Crippen molar-refractivity contribution in [1.29, 1.82) is 0 Å². The van der Waals surface area contributed by atoms with Crippen molar-refractivity contribution < 1.29 is 17.9 Å². The van der Waals surface area contributed by atoms with E-state index < -0.39 is 11.7 Å². The molecule has 1 aliphatic heterocycles. The Bertz CT molecular complexity index is 440. The fourth-order valence-corrected chi connectivity index (χ4v) is 2.16. The Morgan fingerprint density at radius 1 is 1.11 bits per heavy atom. The van der Waals surface area contributed by atoms with Gasteiger partial charge in [0.05, 0.1) is 18.4 Å². The van der Waals surface area contributed by atoms with Gasteiger partial charge in [-0.2, -0.15) is 13.2 Å².